The van der Waals surface area contributed by atoms with Crippen molar-refractivity contribution in [1.82, 2.24) is 9.13 Å². The van der Waals surface area contributed by atoms with Crippen LogP contribution in [0, 0.1) is 5.82 Å². The number of aliphatic carboxylic acids is 1. The fourth-order valence-electron chi connectivity index (χ4n) is 2.36. The third-order valence-electron chi connectivity index (χ3n) is 3.71. The zero-order valence-corrected chi connectivity index (χ0v) is 16.7. The zero-order chi connectivity index (χ0) is 22.3. The van der Waals surface area contributed by atoms with Crippen molar-refractivity contribution in [2.24, 2.45) is 7.05 Å². The molecule has 0 amide bonds. The Morgan fingerprint density at radius 3 is 2.24 bits per heavy atom. The SMILES string of the molecule is CC(C)=C(Sc1cc(-n2c(=O)cc(C(F)(F)F)n(C)c2=O)c(F)cc1Cl)C(=O)O. The predicted molar refractivity (Wildman–Crippen MR) is 99.1 cm³/mol. The molecule has 1 heterocycles. The molecule has 0 fully saturated rings. The molecule has 29 heavy (non-hydrogen) atoms. The molecule has 0 atom stereocenters. The van der Waals surface area contributed by atoms with Crippen LogP contribution in [0.25, 0.3) is 5.69 Å². The van der Waals surface area contributed by atoms with Crippen LogP contribution in [0.1, 0.15) is 19.5 Å². The number of rotatable bonds is 4. The Bertz CT molecular complexity index is 1150. The molecule has 6 nitrogen and oxygen atoms in total. The van der Waals surface area contributed by atoms with Crippen molar-refractivity contribution in [3.8, 4) is 5.69 Å². The Hall–Kier alpha value is -2.53. The maximum atomic E-state index is 14.4. The average Bonchev–Trinajstić information content (AvgIpc) is 2.57. The monoisotopic (exact) mass is 452 g/mol. The van der Waals surface area contributed by atoms with E-state index in [1.807, 2.05) is 0 Å². The van der Waals surface area contributed by atoms with E-state index in [1.54, 1.807) is 0 Å². The Kier molecular flexibility index (Phi) is 6.33. The van der Waals surface area contributed by atoms with Crippen LogP contribution in [0.4, 0.5) is 17.6 Å². The third-order valence-corrected chi connectivity index (χ3v) is 5.48. The van der Waals surface area contributed by atoms with Gasteiger partial charge in [-0.25, -0.2) is 18.5 Å². The topological polar surface area (TPSA) is 81.3 Å². The number of alkyl halides is 3. The fraction of sp³-hybridized carbons (Fsp3) is 0.235. The summed E-state index contributed by atoms with van der Waals surface area (Å²) in [6.07, 6.45) is -4.97. The Balaban J connectivity index is 2.77. The summed E-state index contributed by atoms with van der Waals surface area (Å²) in [5.41, 5.74) is -4.58. The highest BCUT2D eigenvalue weighted by Gasteiger charge is 2.35. The molecule has 0 radical (unpaired) electrons. The number of hydrogen-bond donors (Lipinski definition) is 1. The molecule has 0 aliphatic rings. The minimum Gasteiger partial charge on any atom is -0.477 e. The number of nitrogens with zero attached hydrogens (tertiary/aromatic N) is 2. The van der Waals surface area contributed by atoms with Crippen LogP contribution in [-0.4, -0.2) is 20.2 Å². The van der Waals surface area contributed by atoms with Gasteiger partial charge in [-0.2, -0.15) is 13.2 Å². The molecule has 0 saturated carbocycles. The molecular formula is C17H13ClF4N2O4S. The van der Waals surface area contributed by atoms with E-state index in [1.165, 1.54) is 13.8 Å². The van der Waals surface area contributed by atoms with Crippen molar-refractivity contribution in [1.29, 1.82) is 0 Å². The summed E-state index contributed by atoms with van der Waals surface area (Å²) in [5, 5.41) is 9.06. The van der Waals surface area contributed by atoms with Crippen LogP contribution in [-0.2, 0) is 18.0 Å². The van der Waals surface area contributed by atoms with Crippen LogP contribution >= 0.6 is 23.4 Å². The highest BCUT2D eigenvalue weighted by Crippen LogP contribution is 2.36. The lowest BCUT2D eigenvalue weighted by atomic mass is 10.3. The number of halogens is 5. The van der Waals surface area contributed by atoms with Crippen molar-refractivity contribution < 1.29 is 27.5 Å². The summed E-state index contributed by atoms with van der Waals surface area (Å²) < 4.78 is 53.7. The molecule has 0 spiro atoms. The number of carboxylic acids is 1. The van der Waals surface area contributed by atoms with Crippen molar-refractivity contribution >= 4 is 29.3 Å². The lowest BCUT2D eigenvalue weighted by molar-refractivity contribution is -0.144. The molecule has 12 heteroatoms. The molecule has 156 valence electrons. The minimum atomic E-state index is -4.97. The predicted octanol–water partition coefficient (Wildman–Crippen LogP) is 3.82. The molecule has 0 aliphatic heterocycles. The number of allylic oxidation sites excluding steroid dienone is 1. The summed E-state index contributed by atoms with van der Waals surface area (Å²) in [4.78, 5) is 35.8. The second kappa shape index (κ2) is 8.07. The van der Waals surface area contributed by atoms with E-state index >= 15 is 0 Å². The quantitative estimate of drug-likeness (QED) is 0.433. The van der Waals surface area contributed by atoms with E-state index in [0.29, 0.717) is 17.3 Å². The second-order valence-electron chi connectivity index (χ2n) is 6.01. The Labute approximate surface area is 170 Å². The van der Waals surface area contributed by atoms with Gasteiger partial charge in [0.1, 0.15) is 11.5 Å². The number of carboxylic acid groups (broad SMARTS) is 1. The lowest BCUT2D eigenvalue weighted by Gasteiger charge is -2.15. The summed E-state index contributed by atoms with van der Waals surface area (Å²) >= 11 is 6.59. The van der Waals surface area contributed by atoms with Gasteiger partial charge in [0.2, 0.25) is 0 Å². The number of hydrogen-bond acceptors (Lipinski definition) is 4. The Morgan fingerprint density at radius 1 is 1.17 bits per heavy atom. The first kappa shape index (κ1) is 22.8. The molecule has 2 aromatic rings. The van der Waals surface area contributed by atoms with Crippen molar-refractivity contribution in [2.75, 3.05) is 0 Å². The lowest BCUT2D eigenvalue weighted by Crippen LogP contribution is -2.41. The molecular weight excluding hydrogens is 440 g/mol. The van der Waals surface area contributed by atoms with Crippen LogP contribution in [0.15, 0.2) is 43.2 Å². The van der Waals surface area contributed by atoms with Gasteiger partial charge in [-0.1, -0.05) is 28.9 Å². The largest absolute Gasteiger partial charge is 0.477 e. The van der Waals surface area contributed by atoms with E-state index < -0.39 is 40.6 Å². The van der Waals surface area contributed by atoms with E-state index in [2.05, 4.69) is 0 Å². The molecule has 0 aliphatic carbocycles. The average molecular weight is 453 g/mol. The van der Waals surface area contributed by atoms with Gasteiger partial charge in [-0.05, 0) is 26.0 Å². The van der Waals surface area contributed by atoms with Crippen molar-refractivity contribution in [3.05, 3.63) is 66.0 Å². The normalized spacial score (nSPS) is 11.4. The maximum Gasteiger partial charge on any atom is 0.431 e. The van der Waals surface area contributed by atoms with Gasteiger partial charge in [-0.3, -0.25) is 9.36 Å². The summed E-state index contributed by atoms with van der Waals surface area (Å²) in [6.45, 7) is 3.04. The van der Waals surface area contributed by atoms with Gasteiger partial charge >= 0.3 is 17.8 Å². The van der Waals surface area contributed by atoms with E-state index in [-0.39, 0.29) is 30.0 Å². The van der Waals surface area contributed by atoms with E-state index in [9.17, 15) is 37.1 Å². The number of thioether (sulfide) groups is 1. The molecule has 0 unspecified atom stereocenters. The van der Waals surface area contributed by atoms with Crippen LogP contribution in [0.3, 0.4) is 0 Å². The summed E-state index contributed by atoms with van der Waals surface area (Å²) in [7, 11) is 0.788. The first-order chi connectivity index (χ1) is 13.3. The molecule has 1 aromatic heterocycles. The second-order valence-corrected chi connectivity index (χ2v) is 7.47. The van der Waals surface area contributed by atoms with Crippen molar-refractivity contribution in [3.63, 3.8) is 0 Å². The first-order valence-electron chi connectivity index (χ1n) is 7.74. The summed E-state index contributed by atoms with van der Waals surface area (Å²) in [6, 6.07) is 1.85. The minimum absolute atomic E-state index is 0.00415. The van der Waals surface area contributed by atoms with Gasteiger partial charge in [0, 0.05) is 18.0 Å². The van der Waals surface area contributed by atoms with Gasteiger partial charge in [0.15, 0.2) is 0 Å². The number of aromatic nitrogens is 2. The van der Waals surface area contributed by atoms with Gasteiger partial charge in [0.25, 0.3) is 5.56 Å². The van der Waals surface area contributed by atoms with Gasteiger partial charge in [-0.15, -0.1) is 0 Å². The molecule has 1 N–H and O–H groups in total. The number of carbonyl (C=O) groups is 1. The van der Waals surface area contributed by atoms with Crippen LogP contribution in [0.5, 0.6) is 0 Å². The third kappa shape index (κ3) is 4.56. The number of benzene rings is 1. The van der Waals surface area contributed by atoms with Crippen LogP contribution in [0.2, 0.25) is 5.02 Å². The van der Waals surface area contributed by atoms with Crippen molar-refractivity contribution in [2.45, 2.75) is 24.9 Å². The smallest absolute Gasteiger partial charge is 0.431 e. The maximum absolute atomic E-state index is 14.4. The standard InChI is InChI=1S/C17H13ClF4N2O4S/c1-7(2)14(15(26)27)29-11-5-10(9(19)4-8(11)18)24-13(25)6-12(17(20,21)22)23(3)16(24)28/h4-6H,1-3H3,(H,26,27). The molecule has 0 bridgehead atoms. The zero-order valence-electron chi connectivity index (χ0n) is 15.1. The van der Waals surface area contributed by atoms with E-state index in [4.69, 9.17) is 11.6 Å². The molecule has 2 rings (SSSR count). The van der Waals surface area contributed by atoms with E-state index in [0.717, 1.165) is 19.2 Å². The first-order valence-corrected chi connectivity index (χ1v) is 8.93. The summed E-state index contributed by atoms with van der Waals surface area (Å²) in [5.74, 6) is -2.42. The highest BCUT2D eigenvalue weighted by molar-refractivity contribution is 8.04. The molecule has 1 aromatic carbocycles. The highest BCUT2D eigenvalue weighted by atomic mass is 35.5. The fourth-order valence-corrected chi connectivity index (χ4v) is 3.46. The van der Waals surface area contributed by atoms with Gasteiger partial charge in [0.05, 0.1) is 15.6 Å². The molecule has 0 saturated heterocycles. The van der Waals surface area contributed by atoms with Gasteiger partial charge < -0.3 is 5.11 Å². The van der Waals surface area contributed by atoms with Crippen LogP contribution < -0.4 is 11.2 Å². The Morgan fingerprint density at radius 2 is 1.76 bits per heavy atom.